The summed E-state index contributed by atoms with van der Waals surface area (Å²) in [7, 11) is 0. The predicted molar refractivity (Wildman–Crippen MR) is 245 cm³/mol. The molecule has 0 aliphatic carbocycles. The number of hydrogen-bond acceptors (Lipinski definition) is 11. The Morgan fingerprint density at radius 2 is 1.58 bits per heavy atom. The number of amides is 8. The molecule has 12 N–H and O–H groups in total. The maximum absolute atomic E-state index is 15.0. The number of aryl methyl sites for hydroxylation is 1. The van der Waals surface area contributed by atoms with Gasteiger partial charge in [0.1, 0.15) is 30.2 Å². The number of nitrogens with two attached hydrogens (primary N) is 3. The Morgan fingerprint density at radius 3 is 2.31 bits per heavy atom. The number of aromatic amines is 1. The fraction of sp³-hybridized carbons (Fsp3) is 0.478. The molecule has 4 aromatic rings. The van der Waals surface area contributed by atoms with Crippen LogP contribution in [0.5, 0.6) is 0 Å². The van der Waals surface area contributed by atoms with E-state index in [2.05, 4.69) is 41.9 Å². The fourth-order valence-corrected chi connectivity index (χ4v) is 8.50. The van der Waals surface area contributed by atoms with Crippen LogP contribution >= 0.6 is 0 Å². The Bertz CT molecular complexity index is 2470. The number of nitrogens with zero attached hydrogens (tertiary/aromatic N) is 4. The second-order valence-corrected chi connectivity index (χ2v) is 17.5. The van der Waals surface area contributed by atoms with Gasteiger partial charge in [0.2, 0.25) is 47.3 Å². The third-order valence-electron chi connectivity index (χ3n) is 12.6. The maximum atomic E-state index is 15.0. The van der Waals surface area contributed by atoms with Gasteiger partial charge in [-0.05, 0) is 54.9 Å². The zero-order valence-electron chi connectivity index (χ0n) is 38.0. The number of hydrogen-bond donors (Lipinski definition) is 9. The Hall–Kier alpha value is -7.16. The number of benzene rings is 2. The van der Waals surface area contributed by atoms with E-state index in [0.29, 0.717) is 36.9 Å². The van der Waals surface area contributed by atoms with Gasteiger partial charge < -0.3 is 53.7 Å². The van der Waals surface area contributed by atoms with Crippen LogP contribution in [-0.2, 0) is 51.2 Å². The van der Waals surface area contributed by atoms with E-state index in [1.807, 2.05) is 55.5 Å². The summed E-state index contributed by atoms with van der Waals surface area (Å²) >= 11 is 0. The molecule has 21 nitrogen and oxygen atoms in total. The lowest BCUT2D eigenvalue weighted by Crippen LogP contribution is -2.60. The van der Waals surface area contributed by atoms with Crippen molar-refractivity contribution in [2.24, 2.45) is 23.1 Å². The van der Waals surface area contributed by atoms with Crippen molar-refractivity contribution in [1.82, 2.24) is 51.5 Å². The molecule has 2 fully saturated rings. The van der Waals surface area contributed by atoms with Crippen LogP contribution < -0.4 is 43.8 Å². The number of carbonyl (C=O) groups is 8. The lowest BCUT2D eigenvalue weighted by molar-refractivity contribution is -0.143. The van der Waals surface area contributed by atoms with Gasteiger partial charge in [-0.25, -0.2) is 4.68 Å². The van der Waals surface area contributed by atoms with E-state index in [9.17, 15) is 33.6 Å². The smallest absolute Gasteiger partial charge is 0.246 e. The molecule has 2 aliphatic heterocycles. The molecule has 0 unspecified atom stereocenters. The summed E-state index contributed by atoms with van der Waals surface area (Å²) in [6.07, 6.45) is 4.01. The van der Waals surface area contributed by atoms with Gasteiger partial charge in [-0.3, -0.25) is 38.4 Å². The van der Waals surface area contributed by atoms with Gasteiger partial charge >= 0.3 is 0 Å². The van der Waals surface area contributed by atoms with E-state index in [-0.39, 0.29) is 32.4 Å². The molecule has 2 aromatic heterocycles. The van der Waals surface area contributed by atoms with E-state index >= 15 is 4.79 Å². The SMILES string of the molecule is CC[C@H](C)[C@@H]1NC(=O)[C@H](CC(N)=O)NC(=O)[C@@H](N)CC(=O)NCCCC[C@@H](C(N)=O)NC(=O)[C@H](Cc2c[nH]c3ccccc23)NC(=O)[C@@H]2C[C@H](n3cc(Cc4ccccc4C)nn3)CN2C1=O. The number of primary amides is 2. The molecule has 67 heavy (non-hydrogen) atoms. The molecule has 0 saturated carbocycles. The molecule has 21 heteroatoms. The van der Waals surface area contributed by atoms with Crippen molar-refractivity contribution in [2.75, 3.05) is 13.1 Å². The highest BCUT2D eigenvalue weighted by Gasteiger charge is 2.45. The van der Waals surface area contributed by atoms with Crippen LogP contribution in [0, 0.1) is 12.8 Å². The monoisotopic (exact) mass is 923 g/mol. The first-order valence-electron chi connectivity index (χ1n) is 22.6. The van der Waals surface area contributed by atoms with Gasteiger partial charge in [0.25, 0.3) is 0 Å². The van der Waals surface area contributed by atoms with Crippen LogP contribution in [0.3, 0.4) is 0 Å². The first-order chi connectivity index (χ1) is 32.0. The largest absolute Gasteiger partial charge is 0.370 e. The molecule has 0 spiro atoms. The first-order valence-corrected chi connectivity index (χ1v) is 22.6. The molecule has 6 rings (SSSR count). The van der Waals surface area contributed by atoms with Crippen LogP contribution in [-0.4, -0.2) is 121 Å². The van der Waals surface area contributed by atoms with E-state index < -0.39 is 108 Å². The van der Waals surface area contributed by atoms with Crippen molar-refractivity contribution < 1.29 is 38.4 Å². The van der Waals surface area contributed by atoms with Crippen LogP contribution in [0.4, 0.5) is 0 Å². The molecule has 0 radical (unpaired) electrons. The summed E-state index contributed by atoms with van der Waals surface area (Å²) in [6, 6.07) is 6.75. The number of carbonyl (C=O) groups excluding carboxylic acids is 8. The summed E-state index contributed by atoms with van der Waals surface area (Å²) in [6.45, 7) is 5.59. The quantitative estimate of drug-likeness (QED) is 0.0968. The molecule has 2 aliphatic rings. The van der Waals surface area contributed by atoms with Crippen LogP contribution in [0.15, 0.2) is 60.9 Å². The lowest BCUT2D eigenvalue weighted by atomic mass is 9.96. The zero-order chi connectivity index (χ0) is 48.4. The second-order valence-electron chi connectivity index (χ2n) is 17.5. The Kier molecular flexibility index (Phi) is 16.4. The third kappa shape index (κ3) is 12.6. The molecule has 358 valence electrons. The van der Waals surface area contributed by atoms with Gasteiger partial charge in [0.15, 0.2) is 0 Å². The van der Waals surface area contributed by atoms with E-state index in [0.717, 1.165) is 22.0 Å². The lowest BCUT2D eigenvalue weighted by Gasteiger charge is -2.33. The third-order valence-corrected chi connectivity index (χ3v) is 12.6. The fourth-order valence-electron chi connectivity index (χ4n) is 8.50. The van der Waals surface area contributed by atoms with Crippen molar-refractivity contribution in [1.29, 1.82) is 0 Å². The van der Waals surface area contributed by atoms with Crippen molar-refractivity contribution in [3.8, 4) is 0 Å². The van der Waals surface area contributed by atoms with Gasteiger partial charge in [-0.2, -0.15) is 0 Å². The van der Waals surface area contributed by atoms with Gasteiger partial charge in [-0.1, -0.05) is 67.9 Å². The summed E-state index contributed by atoms with van der Waals surface area (Å²) in [5, 5.41) is 23.0. The molecule has 0 bridgehead atoms. The minimum absolute atomic E-state index is 0.0187. The van der Waals surface area contributed by atoms with Gasteiger partial charge in [0, 0.05) is 55.6 Å². The Labute approximate surface area is 387 Å². The average molecular weight is 924 g/mol. The summed E-state index contributed by atoms with van der Waals surface area (Å²) in [4.78, 5) is 114. The number of fused-ring (bicyclic) bond motifs is 2. The van der Waals surface area contributed by atoms with Gasteiger partial charge in [0.05, 0.1) is 30.6 Å². The van der Waals surface area contributed by atoms with Crippen molar-refractivity contribution in [3.63, 3.8) is 0 Å². The first kappa shape index (κ1) is 49.3. The standard InChI is InChI=1S/C46H61N13O8/c1-4-25(2)40-46(67)58-24-30(59-23-29(56-57-59)17-27-12-6-5-11-26(27)3)19-37(58)45(66)54-35(18-28-22-51-33-14-8-7-13-31(28)33)43(64)52-34(41(49)62)15-9-10-16-50-39(61)20-32(47)42(63)53-36(21-38(48)60)44(65)55-40/h5-8,11-14,22-23,25,30,32,34-37,40,51H,4,9-10,15-21,24,47H2,1-3H3,(H2,48,60)(H2,49,62)(H,50,61)(H,52,64)(H,53,63)(H,54,66)(H,55,65)/t25-,30-,32-,34-,35-,36-,37-,40-/m0/s1. The molecule has 8 amide bonds. The number of para-hydroxylation sites is 1. The van der Waals surface area contributed by atoms with E-state index in [4.69, 9.17) is 17.2 Å². The molecule has 4 heterocycles. The molecular weight excluding hydrogens is 863 g/mol. The van der Waals surface area contributed by atoms with Crippen molar-refractivity contribution in [2.45, 2.75) is 121 Å². The predicted octanol–water partition coefficient (Wildman–Crippen LogP) is -0.593. The number of aromatic nitrogens is 4. The minimum Gasteiger partial charge on any atom is -0.370 e. The van der Waals surface area contributed by atoms with Crippen LogP contribution in [0.2, 0.25) is 0 Å². The van der Waals surface area contributed by atoms with Crippen LogP contribution in [0.25, 0.3) is 10.9 Å². The number of rotatable bonds is 10. The van der Waals surface area contributed by atoms with Crippen molar-refractivity contribution >= 4 is 58.2 Å². The minimum atomic E-state index is -1.57. The Morgan fingerprint density at radius 1 is 0.866 bits per heavy atom. The molecule has 8 atom stereocenters. The summed E-state index contributed by atoms with van der Waals surface area (Å²) < 4.78 is 1.60. The average Bonchev–Trinajstić information content (AvgIpc) is 4.06. The number of nitrogens with one attached hydrogen (secondary N) is 6. The maximum Gasteiger partial charge on any atom is 0.246 e. The summed E-state index contributed by atoms with van der Waals surface area (Å²) in [5.41, 5.74) is 21.6. The highest BCUT2D eigenvalue weighted by molar-refractivity contribution is 5.99. The number of H-pyrrole nitrogens is 1. The van der Waals surface area contributed by atoms with E-state index in [1.54, 1.807) is 30.9 Å². The normalized spacial score (nSPS) is 24.7. The van der Waals surface area contributed by atoms with E-state index in [1.165, 1.54) is 4.90 Å². The topological polar surface area (TPSA) is 325 Å². The molecular formula is C46H61N13O8. The highest BCUT2D eigenvalue weighted by atomic mass is 16.2. The second kappa shape index (κ2) is 22.4. The summed E-state index contributed by atoms with van der Waals surface area (Å²) in [5.74, 6) is -6.77. The van der Waals surface area contributed by atoms with Crippen LogP contribution in [0.1, 0.15) is 87.2 Å². The molecule has 2 saturated heterocycles. The molecule has 2 aromatic carbocycles. The van der Waals surface area contributed by atoms with Crippen molar-refractivity contribution in [3.05, 3.63) is 83.3 Å². The zero-order valence-corrected chi connectivity index (χ0v) is 38.0. The Balaban J connectivity index is 1.38. The van der Waals surface area contributed by atoms with Gasteiger partial charge in [-0.15, -0.1) is 5.10 Å². The highest BCUT2D eigenvalue weighted by Crippen LogP contribution is 2.30.